The van der Waals surface area contributed by atoms with Crippen molar-refractivity contribution >= 4 is 23.4 Å². The lowest BCUT2D eigenvalue weighted by Crippen LogP contribution is -2.36. The van der Waals surface area contributed by atoms with Gasteiger partial charge in [0, 0.05) is 23.9 Å². The number of carbonyl (C=O) groups is 3. The molecule has 1 saturated heterocycles. The number of amides is 3. The lowest BCUT2D eigenvalue weighted by molar-refractivity contribution is -0.286. The summed E-state index contributed by atoms with van der Waals surface area (Å²) in [6, 6.07) is 8.05. The molecule has 0 saturated carbocycles. The fraction of sp³-hybridized carbons (Fsp3) is 0.286. The van der Waals surface area contributed by atoms with E-state index in [1.54, 1.807) is 0 Å². The topological polar surface area (TPSA) is 94.2 Å². The average molecular weight is 430 g/mol. The molecule has 2 aromatic rings. The summed E-state index contributed by atoms with van der Waals surface area (Å²) in [6.45, 7) is 0.783. The number of halogens is 2. The number of nitrogens with one attached hydrogen (secondary N) is 1. The maximum Gasteiger partial charge on any atom is 0.586 e. The molecule has 3 heterocycles. The summed E-state index contributed by atoms with van der Waals surface area (Å²) in [4.78, 5) is 39.1. The van der Waals surface area contributed by atoms with Crippen LogP contribution in [0.5, 0.6) is 11.5 Å². The normalized spacial score (nSPS) is 20.8. The Balaban J connectivity index is 1.33. The summed E-state index contributed by atoms with van der Waals surface area (Å²) in [7, 11) is 0. The van der Waals surface area contributed by atoms with Crippen molar-refractivity contribution in [1.82, 2.24) is 4.90 Å². The minimum atomic E-state index is -3.76. The van der Waals surface area contributed by atoms with Crippen molar-refractivity contribution in [1.29, 1.82) is 0 Å². The van der Waals surface area contributed by atoms with Gasteiger partial charge in [-0.15, -0.1) is 8.78 Å². The van der Waals surface area contributed by atoms with Gasteiger partial charge in [-0.2, -0.15) is 0 Å². The van der Waals surface area contributed by atoms with Crippen molar-refractivity contribution in [3.05, 3.63) is 53.1 Å². The summed E-state index contributed by atoms with van der Waals surface area (Å²) >= 11 is 0. The van der Waals surface area contributed by atoms with E-state index in [-0.39, 0.29) is 46.5 Å². The van der Waals surface area contributed by atoms with E-state index in [1.165, 1.54) is 36.4 Å². The number of carbonyl (C=O) groups excluding carboxylic acids is 3. The first-order chi connectivity index (χ1) is 14.8. The van der Waals surface area contributed by atoms with E-state index in [0.717, 1.165) is 17.7 Å². The Morgan fingerprint density at radius 2 is 1.84 bits per heavy atom. The number of ether oxygens (including phenoxy) is 3. The molecule has 1 atom stereocenters. The van der Waals surface area contributed by atoms with E-state index < -0.39 is 24.0 Å². The molecule has 0 spiro atoms. The first-order valence-electron chi connectivity index (χ1n) is 9.64. The molecule has 5 rings (SSSR count). The van der Waals surface area contributed by atoms with Crippen molar-refractivity contribution in [3.8, 4) is 11.5 Å². The van der Waals surface area contributed by atoms with Crippen LogP contribution in [0.15, 0.2) is 36.4 Å². The molecular weight excluding hydrogens is 414 g/mol. The van der Waals surface area contributed by atoms with Crippen LogP contribution in [-0.4, -0.2) is 48.2 Å². The molecule has 0 bridgehead atoms. The molecule has 3 amide bonds. The van der Waals surface area contributed by atoms with E-state index >= 15 is 0 Å². The first kappa shape index (κ1) is 19.4. The van der Waals surface area contributed by atoms with Crippen molar-refractivity contribution in [2.45, 2.75) is 25.2 Å². The molecular formula is C21H16F2N2O6. The molecule has 0 aromatic heterocycles. The molecule has 1 N–H and O–H groups in total. The smallest absolute Gasteiger partial charge is 0.395 e. The summed E-state index contributed by atoms with van der Waals surface area (Å²) in [5, 5.41) is 2.55. The summed E-state index contributed by atoms with van der Waals surface area (Å²) in [5.41, 5.74) is 0.709. The zero-order valence-electron chi connectivity index (χ0n) is 16.0. The van der Waals surface area contributed by atoms with E-state index in [2.05, 4.69) is 14.8 Å². The zero-order valence-corrected chi connectivity index (χ0v) is 16.0. The molecule has 10 heteroatoms. The van der Waals surface area contributed by atoms with Crippen LogP contribution in [-0.2, 0) is 4.74 Å². The third kappa shape index (κ3) is 3.48. The van der Waals surface area contributed by atoms with Gasteiger partial charge in [-0.1, -0.05) is 0 Å². The van der Waals surface area contributed by atoms with Gasteiger partial charge in [-0.3, -0.25) is 19.3 Å². The Morgan fingerprint density at radius 1 is 1.06 bits per heavy atom. The predicted molar refractivity (Wildman–Crippen MR) is 101 cm³/mol. The lowest BCUT2D eigenvalue weighted by Gasteiger charge is -2.17. The van der Waals surface area contributed by atoms with Gasteiger partial charge in [0.2, 0.25) is 0 Å². The molecule has 3 aliphatic rings. The van der Waals surface area contributed by atoms with Gasteiger partial charge in [0.25, 0.3) is 17.7 Å². The van der Waals surface area contributed by atoms with Crippen LogP contribution in [0.25, 0.3) is 0 Å². The fourth-order valence-electron chi connectivity index (χ4n) is 3.82. The lowest BCUT2D eigenvalue weighted by atomic mass is 10.1. The Morgan fingerprint density at radius 3 is 2.61 bits per heavy atom. The highest BCUT2D eigenvalue weighted by molar-refractivity contribution is 6.22. The van der Waals surface area contributed by atoms with Crippen LogP contribution in [0.3, 0.4) is 0 Å². The van der Waals surface area contributed by atoms with Gasteiger partial charge in [0.05, 0.1) is 23.8 Å². The maximum atomic E-state index is 13.1. The highest BCUT2D eigenvalue weighted by atomic mass is 19.3. The van der Waals surface area contributed by atoms with Gasteiger partial charge in [0.15, 0.2) is 11.5 Å². The fourth-order valence-corrected chi connectivity index (χ4v) is 3.82. The van der Waals surface area contributed by atoms with Gasteiger partial charge in [-0.05, 0) is 43.2 Å². The molecule has 1 fully saturated rings. The minimum Gasteiger partial charge on any atom is -0.395 e. The quantitative estimate of drug-likeness (QED) is 0.750. The number of hydrogen-bond acceptors (Lipinski definition) is 6. The number of fused-ring (bicyclic) bond motifs is 2. The molecule has 3 aliphatic heterocycles. The van der Waals surface area contributed by atoms with Crippen LogP contribution in [0.2, 0.25) is 0 Å². The molecule has 31 heavy (non-hydrogen) atoms. The number of imide groups is 1. The third-order valence-corrected chi connectivity index (χ3v) is 5.30. The Bertz CT molecular complexity index is 1110. The predicted octanol–water partition coefficient (Wildman–Crippen LogP) is 3.04. The SMILES string of the molecule is O=C(Nc1ccc2c(c1)OC(F)(F)O2)c1ccc2c(c1)C(=O)N(CC1CCCO1)C2=O. The van der Waals surface area contributed by atoms with Gasteiger partial charge in [-0.25, -0.2) is 0 Å². The van der Waals surface area contributed by atoms with Crippen LogP contribution >= 0.6 is 0 Å². The van der Waals surface area contributed by atoms with Gasteiger partial charge < -0.3 is 19.5 Å². The van der Waals surface area contributed by atoms with Crippen molar-refractivity contribution in [2.24, 2.45) is 0 Å². The van der Waals surface area contributed by atoms with Crippen LogP contribution in [0.4, 0.5) is 14.5 Å². The van der Waals surface area contributed by atoms with Gasteiger partial charge in [0.1, 0.15) is 0 Å². The number of benzene rings is 2. The Hall–Kier alpha value is -3.53. The number of nitrogens with zero attached hydrogens (tertiary/aromatic N) is 1. The monoisotopic (exact) mass is 430 g/mol. The standard InChI is InChI=1S/C21H16F2N2O6/c22-21(23)30-16-6-4-12(9-17(16)31-21)24-18(26)11-3-5-14-15(8-11)20(28)25(19(14)27)10-13-2-1-7-29-13/h3-6,8-9,13H,1-2,7,10H2,(H,24,26). The van der Waals surface area contributed by atoms with Crippen LogP contribution in [0.1, 0.15) is 43.9 Å². The summed E-state index contributed by atoms with van der Waals surface area (Å²) in [5.74, 6) is -1.82. The third-order valence-electron chi connectivity index (χ3n) is 5.30. The van der Waals surface area contributed by atoms with E-state index in [4.69, 9.17) is 4.74 Å². The highest BCUT2D eigenvalue weighted by Gasteiger charge is 2.43. The Labute approximate surface area is 174 Å². The second-order valence-electron chi connectivity index (χ2n) is 7.40. The van der Waals surface area contributed by atoms with E-state index in [0.29, 0.717) is 6.61 Å². The highest BCUT2D eigenvalue weighted by Crippen LogP contribution is 2.42. The number of rotatable bonds is 4. The van der Waals surface area contributed by atoms with E-state index in [1.807, 2.05) is 0 Å². The molecule has 160 valence electrons. The van der Waals surface area contributed by atoms with Crippen molar-refractivity contribution in [2.75, 3.05) is 18.5 Å². The molecule has 1 unspecified atom stereocenters. The largest absolute Gasteiger partial charge is 0.586 e. The van der Waals surface area contributed by atoms with Crippen molar-refractivity contribution in [3.63, 3.8) is 0 Å². The Kier molecular flexibility index (Phi) is 4.40. The molecule has 8 nitrogen and oxygen atoms in total. The van der Waals surface area contributed by atoms with Gasteiger partial charge >= 0.3 is 6.29 Å². The number of anilines is 1. The summed E-state index contributed by atoms with van der Waals surface area (Å²) < 4.78 is 40.5. The van der Waals surface area contributed by atoms with Crippen molar-refractivity contribution < 1.29 is 37.4 Å². The van der Waals surface area contributed by atoms with Crippen LogP contribution < -0.4 is 14.8 Å². The first-order valence-corrected chi connectivity index (χ1v) is 9.64. The number of hydrogen-bond donors (Lipinski definition) is 1. The zero-order chi connectivity index (χ0) is 21.8. The average Bonchev–Trinajstić information content (AvgIpc) is 3.41. The van der Waals surface area contributed by atoms with Crippen LogP contribution in [0, 0.1) is 0 Å². The maximum absolute atomic E-state index is 13.1. The second kappa shape index (κ2) is 7.02. The molecule has 0 aliphatic carbocycles. The molecule has 0 radical (unpaired) electrons. The minimum absolute atomic E-state index is 0.140. The second-order valence-corrected chi connectivity index (χ2v) is 7.40. The molecule has 2 aromatic carbocycles. The number of alkyl halides is 2. The summed E-state index contributed by atoms with van der Waals surface area (Å²) in [6.07, 6.45) is -2.27. The van der Waals surface area contributed by atoms with E-state index in [9.17, 15) is 23.2 Å².